The average Bonchev–Trinajstić information content (AvgIpc) is 2.94. The summed E-state index contributed by atoms with van der Waals surface area (Å²) in [6.07, 6.45) is 3.28. The highest BCUT2D eigenvalue weighted by Gasteiger charge is 2.12. The number of benzene rings is 1. The van der Waals surface area contributed by atoms with Gasteiger partial charge in [0, 0.05) is 0 Å². The van der Waals surface area contributed by atoms with Crippen LogP contribution in [-0.2, 0) is 5.41 Å². The summed E-state index contributed by atoms with van der Waals surface area (Å²) >= 11 is 1.36. The van der Waals surface area contributed by atoms with Crippen LogP contribution in [0.2, 0.25) is 0 Å². The van der Waals surface area contributed by atoms with Gasteiger partial charge in [-0.25, -0.2) is 4.98 Å². The molecule has 2 aromatic heterocycles. The van der Waals surface area contributed by atoms with Gasteiger partial charge in [0.2, 0.25) is 4.96 Å². The SMILES string of the molecule is CC(C)(C)c1ccc(/C=c2\sc3ncnn3c2=O)cc1. The maximum Gasteiger partial charge on any atom is 0.291 e. The minimum Gasteiger partial charge on any atom is -0.266 e. The molecule has 0 saturated heterocycles. The third-order valence-corrected chi connectivity index (χ3v) is 4.17. The molecule has 5 heteroatoms. The normalized spacial score (nSPS) is 13.2. The van der Waals surface area contributed by atoms with Gasteiger partial charge in [-0.05, 0) is 22.6 Å². The van der Waals surface area contributed by atoms with Gasteiger partial charge in [0.05, 0.1) is 4.53 Å². The Morgan fingerprint density at radius 1 is 1.20 bits per heavy atom. The summed E-state index contributed by atoms with van der Waals surface area (Å²) in [4.78, 5) is 16.7. The quantitative estimate of drug-likeness (QED) is 0.687. The highest BCUT2D eigenvalue weighted by molar-refractivity contribution is 7.15. The van der Waals surface area contributed by atoms with E-state index in [-0.39, 0.29) is 11.0 Å². The second-order valence-electron chi connectivity index (χ2n) is 5.74. The van der Waals surface area contributed by atoms with E-state index in [1.165, 1.54) is 27.7 Å². The maximum absolute atomic E-state index is 12.1. The molecular weight excluding hydrogens is 270 g/mol. The van der Waals surface area contributed by atoms with Crippen molar-refractivity contribution < 1.29 is 0 Å². The van der Waals surface area contributed by atoms with Crippen molar-refractivity contribution in [2.24, 2.45) is 0 Å². The van der Waals surface area contributed by atoms with Crippen molar-refractivity contribution in [1.82, 2.24) is 14.6 Å². The second-order valence-corrected chi connectivity index (χ2v) is 6.75. The van der Waals surface area contributed by atoms with Crippen LogP contribution in [0.5, 0.6) is 0 Å². The van der Waals surface area contributed by atoms with E-state index in [4.69, 9.17) is 0 Å². The summed E-state index contributed by atoms with van der Waals surface area (Å²) in [5, 5.41) is 3.91. The molecule has 0 fully saturated rings. The van der Waals surface area contributed by atoms with Crippen LogP contribution in [0.15, 0.2) is 35.4 Å². The van der Waals surface area contributed by atoms with Crippen molar-refractivity contribution >= 4 is 22.4 Å². The van der Waals surface area contributed by atoms with Crippen LogP contribution >= 0.6 is 11.3 Å². The van der Waals surface area contributed by atoms with Crippen molar-refractivity contribution in [2.45, 2.75) is 26.2 Å². The fraction of sp³-hybridized carbons (Fsp3) is 0.267. The van der Waals surface area contributed by atoms with Crippen LogP contribution in [0.1, 0.15) is 31.9 Å². The van der Waals surface area contributed by atoms with Crippen LogP contribution in [-0.4, -0.2) is 14.6 Å². The lowest BCUT2D eigenvalue weighted by atomic mass is 9.87. The first kappa shape index (κ1) is 13.0. The molecule has 3 aromatic rings. The molecule has 3 rings (SSSR count). The fourth-order valence-corrected chi connectivity index (χ4v) is 2.89. The van der Waals surface area contributed by atoms with Gasteiger partial charge in [-0.15, -0.1) is 0 Å². The highest BCUT2D eigenvalue weighted by Crippen LogP contribution is 2.22. The summed E-state index contributed by atoms with van der Waals surface area (Å²) in [6, 6.07) is 8.28. The lowest BCUT2D eigenvalue weighted by molar-refractivity contribution is 0.590. The topological polar surface area (TPSA) is 47.3 Å². The molecule has 0 bridgehead atoms. The molecule has 0 aliphatic rings. The van der Waals surface area contributed by atoms with Crippen molar-refractivity contribution in [3.05, 3.63) is 56.6 Å². The Morgan fingerprint density at radius 2 is 1.90 bits per heavy atom. The molecule has 0 unspecified atom stereocenters. The molecule has 102 valence electrons. The smallest absolute Gasteiger partial charge is 0.266 e. The summed E-state index contributed by atoms with van der Waals surface area (Å²) in [7, 11) is 0. The number of rotatable bonds is 1. The lowest BCUT2D eigenvalue weighted by Crippen LogP contribution is -2.23. The minimum absolute atomic E-state index is 0.109. The van der Waals surface area contributed by atoms with Crippen molar-refractivity contribution in [3.8, 4) is 0 Å². The standard InChI is InChI=1S/C15H15N3OS/c1-15(2,3)11-6-4-10(5-7-11)8-12-13(19)18-14(20-12)16-9-17-18/h4-9H,1-3H3/b12-8-. The first-order valence-electron chi connectivity index (χ1n) is 6.40. The lowest BCUT2D eigenvalue weighted by Gasteiger charge is -2.18. The largest absolute Gasteiger partial charge is 0.291 e. The van der Waals surface area contributed by atoms with Crippen LogP contribution in [0.4, 0.5) is 0 Å². The molecule has 1 aromatic carbocycles. The molecule has 0 aliphatic carbocycles. The first-order valence-corrected chi connectivity index (χ1v) is 7.21. The Kier molecular flexibility index (Phi) is 2.94. The molecule has 20 heavy (non-hydrogen) atoms. The number of aromatic nitrogens is 3. The zero-order valence-electron chi connectivity index (χ0n) is 11.6. The average molecular weight is 285 g/mol. The molecule has 0 atom stereocenters. The third kappa shape index (κ3) is 2.25. The zero-order valence-corrected chi connectivity index (χ0v) is 12.4. The van der Waals surface area contributed by atoms with Crippen molar-refractivity contribution in [1.29, 1.82) is 0 Å². The van der Waals surface area contributed by atoms with E-state index in [1.54, 1.807) is 0 Å². The van der Waals surface area contributed by atoms with E-state index in [2.05, 4.69) is 43.0 Å². The number of hydrogen-bond donors (Lipinski definition) is 0. The maximum atomic E-state index is 12.1. The molecule has 0 amide bonds. The van der Waals surface area contributed by atoms with Crippen LogP contribution in [0, 0.1) is 0 Å². The Labute approximate surface area is 120 Å². The number of thiazole rings is 1. The van der Waals surface area contributed by atoms with Crippen molar-refractivity contribution in [2.75, 3.05) is 0 Å². The van der Waals surface area contributed by atoms with Crippen molar-refractivity contribution in [3.63, 3.8) is 0 Å². The molecular formula is C15H15N3OS. The first-order chi connectivity index (χ1) is 9.45. The molecule has 0 spiro atoms. The van der Waals surface area contributed by atoms with Gasteiger partial charge in [-0.2, -0.15) is 9.61 Å². The van der Waals surface area contributed by atoms with Gasteiger partial charge in [-0.3, -0.25) is 4.79 Å². The van der Waals surface area contributed by atoms with E-state index in [1.807, 2.05) is 18.2 Å². The van der Waals surface area contributed by atoms with Crippen LogP contribution in [0.25, 0.3) is 11.0 Å². The van der Waals surface area contributed by atoms with E-state index in [0.29, 0.717) is 9.49 Å². The van der Waals surface area contributed by atoms with Gasteiger partial charge in [-0.1, -0.05) is 56.4 Å². The molecule has 0 aliphatic heterocycles. The zero-order chi connectivity index (χ0) is 14.3. The number of hydrogen-bond acceptors (Lipinski definition) is 4. The fourth-order valence-electron chi connectivity index (χ4n) is 2.01. The molecule has 2 heterocycles. The summed E-state index contributed by atoms with van der Waals surface area (Å²) in [5.41, 5.74) is 2.32. The molecule has 0 N–H and O–H groups in total. The third-order valence-electron chi connectivity index (χ3n) is 3.20. The molecule has 0 saturated carbocycles. The second kappa shape index (κ2) is 4.52. The van der Waals surface area contributed by atoms with Crippen LogP contribution in [0.3, 0.4) is 0 Å². The van der Waals surface area contributed by atoms with E-state index < -0.39 is 0 Å². The van der Waals surface area contributed by atoms with E-state index in [9.17, 15) is 4.79 Å². The Bertz CT molecular complexity index is 853. The molecule has 4 nitrogen and oxygen atoms in total. The monoisotopic (exact) mass is 285 g/mol. The van der Waals surface area contributed by atoms with Gasteiger partial charge < -0.3 is 0 Å². The van der Waals surface area contributed by atoms with Crippen LogP contribution < -0.4 is 10.1 Å². The Hall–Kier alpha value is -2.01. The highest BCUT2D eigenvalue weighted by atomic mass is 32.1. The summed E-state index contributed by atoms with van der Waals surface area (Å²) < 4.78 is 1.99. The van der Waals surface area contributed by atoms with Gasteiger partial charge >= 0.3 is 0 Å². The Balaban J connectivity index is 2.06. The van der Waals surface area contributed by atoms with Gasteiger partial charge in [0.1, 0.15) is 6.33 Å². The summed E-state index contributed by atoms with van der Waals surface area (Å²) in [5.74, 6) is 0. The van der Waals surface area contributed by atoms with Gasteiger partial charge in [0.25, 0.3) is 5.56 Å². The van der Waals surface area contributed by atoms with Gasteiger partial charge in [0.15, 0.2) is 0 Å². The Morgan fingerprint density at radius 3 is 2.50 bits per heavy atom. The predicted molar refractivity (Wildman–Crippen MR) is 81.1 cm³/mol. The van der Waals surface area contributed by atoms with E-state index >= 15 is 0 Å². The number of nitrogens with zero attached hydrogens (tertiary/aromatic N) is 3. The molecule has 0 radical (unpaired) electrons. The number of fused-ring (bicyclic) bond motifs is 1. The van der Waals surface area contributed by atoms with E-state index in [0.717, 1.165) is 5.56 Å². The minimum atomic E-state index is -0.109. The predicted octanol–water partition coefficient (Wildman–Crippen LogP) is 2.00. The summed E-state index contributed by atoms with van der Waals surface area (Å²) in [6.45, 7) is 6.55.